The second-order valence-corrected chi connectivity index (χ2v) is 4.15. The molecule has 1 unspecified atom stereocenters. The van der Waals surface area contributed by atoms with Gasteiger partial charge in [0.1, 0.15) is 12.4 Å². The quantitative estimate of drug-likeness (QED) is 0.790. The monoisotopic (exact) mass is 218 g/mol. The predicted molar refractivity (Wildman–Crippen MR) is 64.6 cm³/mol. The Morgan fingerprint density at radius 3 is 3.19 bits per heavy atom. The van der Waals surface area contributed by atoms with Crippen LogP contribution in [0.3, 0.4) is 0 Å². The summed E-state index contributed by atoms with van der Waals surface area (Å²) >= 11 is 0. The Morgan fingerprint density at radius 2 is 2.38 bits per heavy atom. The van der Waals surface area contributed by atoms with E-state index < -0.39 is 0 Å². The molecule has 1 aliphatic carbocycles. The second-order valence-electron chi connectivity index (χ2n) is 4.15. The van der Waals surface area contributed by atoms with E-state index in [1.807, 2.05) is 31.2 Å². The number of benzene rings is 1. The molecule has 0 fully saturated rings. The first-order chi connectivity index (χ1) is 7.81. The number of hydrogen-bond acceptors (Lipinski definition) is 2. The highest BCUT2D eigenvalue weighted by Crippen LogP contribution is 2.31. The Morgan fingerprint density at radius 1 is 1.50 bits per heavy atom. The molecular weight excluding hydrogens is 200 g/mol. The Labute approximate surface area is 96.6 Å². The van der Waals surface area contributed by atoms with Crippen LogP contribution in [0.15, 0.2) is 30.4 Å². The van der Waals surface area contributed by atoms with E-state index in [4.69, 9.17) is 4.74 Å². The number of aryl methyl sites for hydroxylation is 1. The minimum absolute atomic E-state index is 0.284. The van der Waals surface area contributed by atoms with Crippen LogP contribution in [-0.2, 0) is 6.42 Å². The van der Waals surface area contributed by atoms with Crippen LogP contribution in [0.1, 0.15) is 37.0 Å². The van der Waals surface area contributed by atoms with Crippen molar-refractivity contribution in [2.75, 3.05) is 6.61 Å². The Balaban J connectivity index is 2.12. The topological polar surface area (TPSA) is 29.5 Å². The normalized spacial score (nSPS) is 19.8. The van der Waals surface area contributed by atoms with Crippen molar-refractivity contribution in [3.63, 3.8) is 0 Å². The Bertz CT molecular complexity index is 382. The average Bonchev–Trinajstić information content (AvgIpc) is 2.30. The molecule has 0 saturated heterocycles. The number of fused-ring (bicyclic) bond motifs is 1. The molecule has 0 spiro atoms. The van der Waals surface area contributed by atoms with Gasteiger partial charge in [-0.15, -0.1) is 0 Å². The van der Waals surface area contributed by atoms with E-state index in [9.17, 15) is 5.11 Å². The van der Waals surface area contributed by atoms with Gasteiger partial charge in [-0.1, -0.05) is 18.2 Å². The predicted octanol–water partition coefficient (Wildman–Crippen LogP) is 3.01. The lowest BCUT2D eigenvalue weighted by molar-refractivity contribution is 0.156. The lowest BCUT2D eigenvalue weighted by atomic mass is 9.89. The summed E-state index contributed by atoms with van der Waals surface area (Å²) in [5, 5.41) is 9.81. The van der Waals surface area contributed by atoms with Crippen LogP contribution in [-0.4, -0.2) is 11.7 Å². The van der Waals surface area contributed by atoms with E-state index in [-0.39, 0.29) is 6.10 Å². The molecule has 1 atom stereocenters. The van der Waals surface area contributed by atoms with E-state index >= 15 is 0 Å². The van der Waals surface area contributed by atoms with E-state index in [0.29, 0.717) is 6.61 Å². The first-order valence-corrected chi connectivity index (χ1v) is 5.86. The highest BCUT2D eigenvalue weighted by atomic mass is 16.5. The zero-order valence-corrected chi connectivity index (χ0v) is 9.65. The number of hydrogen-bond donors (Lipinski definition) is 1. The molecule has 16 heavy (non-hydrogen) atoms. The SMILES string of the molecule is CC=CCOc1ccc2c(c1)CCCC2O. The van der Waals surface area contributed by atoms with Crippen molar-refractivity contribution in [3.05, 3.63) is 41.5 Å². The maximum atomic E-state index is 9.81. The summed E-state index contributed by atoms with van der Waals surface area (Å²) in [6, 6.07) is 5.99. The van der Waals surface area contributed by atoms with Crippen molar-refractivity contribution in [3.8, 4) is 5.75 Å². The highest BCUT2D eigenvalue weighted by molar-refractivity contribution is 5.38. The van der Waals surface area contributed by atoms with Crippen LogP contribution < -0.4 is 4.74 Å². The molecule has 0 bridgehead atoms. The molecule has 0 aliphatic heterocycles. The third kappa shape index (κ3) is 2.45. The van der Waals surface area contributed by atoms with Crippen LogP contribution in [0.4, 0.5) is 0 Å². The van der Waals surface area contributed by atoms with Crippen LogP contribution in [0.2, 0.25) is 0 Å². The lowest BCUT2D eigenvalue weighted by Crippen LogP contribution is -2.09. The van der Waals surface area contributed by atoms with Crippen LogP contribution in [0, 0.1) is 0 Å². The first kappa shape index (κ1) is 11.2. The second kappa shape index (κ2) is 5.17. The van der Waals surface area contributed by atoms with Crippen molar-refractivity contribution in [1.82, 2.24) is 0 Å². The lowest BCUT2D eigenvalue weighted by Gasteiger charge is -2.21. The van der Waals surface area contributed by atoms with Gasteiger partial charge in [0, 0.05) is 0 Å². The van der Waals surface area contributed by atoms with Gasteiger partial charge in [0.25, 0.3) is 0 Å². The summed E-state index contributed by atoms with van der Waals surface area (Å²) in [7, 11) is 0. The molecule has 1 aromatic rings. The molecule has 1 N–H and O–H groups in total. The standard InChI is InChI=1S/C14H18O2/c1-2-3-9-16-12-7-8-13-11(10-12)5-4-6-14(13)15/h2-3,7-8,10,14-15H,4-6,9H2,1H3. The van der Waals surface area contributed by atoms with Crippen molar-refractivity contribution in [2.24, 2.45) is 0 Å². The summed E-state index contributed by atoms with van der Waals surface area (Å²) in [6.07, 6.45) is 6.66. The number of aliphatic hydroxyl groups excluding tert-OH is 1. The minimum Gasteiger partial charge on any atom is -0.490 e. The Kier molecular flexibility index (Phi) is 3.62. The van der Waals surface area contributed by atoms with Gasteiger partial charge in [0.05, 0.1) is 6.10 Å². The molecule has 86 valence electrons. The fourth-order valence-corrected chi connectivity index (χ4v) is 2.10. The van der Waals surface area contributed by atoms with Crippen LogP contribution in [0.5, 0.6) is 5.75 Å². The molecule has 0 aromatic heterocycles. The van der Waals surface area contributed by atoms with E-state index in [1.165, 1.54) is 5.56 Å². The molecule has 1 aromatic carbocycles. The van der Waals surface area contributed by atoms with E-state index in [2.05, 4.69) is 6.07 Å². The van der Waals surface area contributed by atoms with Gasteiger partial charge < -0.3 is 9.84 Å². The van der Waals surface area contributed by atoms with Crippen molar-refractivity contribution in [1.29, 1.82) is 0 Å². The minimum atomic E-state index is -0.284. The average molecular weight is 218 g/mol. The summed E-state index contributed by atoms with van der Waals surface area (Å²) in [4.78, 5) is 0. The van der Waals surface area contributed by atoms with Gasteiger partial charge in [0.15, 0.2) is 0 Å². The summed E-state index contributed by atoms with van der Waals surface area (Å²) in [5.74, 6) is 0.894. The molecule has 2 rings (SSSR count). The molecule has 0 heterocycles. The van der Waals surface area contributed by atoms with Gasteiger partial charge in [-0.05, 0) is 49.4 Å². The van der Waals surface area contributed by atoms with Crippen LogP contribution in [0.25, 0.3) is 0 Å². The fraction of sp³-hybridized carbons (Fsp3) is 0.429. The third-order valence-corrected chi connectivity index (χ3v) is 2.98. The molecule has 2 nitrogen and oxygen atoms in total. The smallest absolute Gasteiger partial charge is 0.120 e. The number of ether oxygens (including phenoxy) is 1. The molecule has 1 aliphatic rings. The van der Waals surface area contributed by atoms with Gasteiger partial charge in [0.2, 0.25) is 0 Å². The van der Waals surface area contributed by atoms with Crippen LogP contribution >= 0.6 is 0 Å². The van der Waals surface area contributed by atoms with Gasteiger partial charge in [-0.25, -0.2) is 0 Å². The van der Waals surface area contributed by atoms with Gasteiger partial charge in [-0.3, -0.25) is 0 Å². The fourth-order valence-electron chi connectivity index (χ4n) is 2.10. The maximum absolute atomic E-state index is 9.81. The van der Waals surface area contributed by atoms with E-state index in [0.717, 1.165) is 30.6 Å². The third-order valence-electron chi connectivity index (χ3n) is 2.98. The molecule has 0 saturated carbocycles. The number of aliphatic hydroxyl groups is 1. The van der Waals surface area contributed by atoms with Gasteiger partial charge in [-0.2, -0.15) is 0 Å². The zero-order chi connectivity index (χ0) is 11.4. The summed E-state index contributed by atoms with van der Waals surface area (Å²) in [5.41, 5.74) is 2.31. The Hall–Kier alpha value is -1.28. The molecule has 0 radical (unpaired) electrons. The summed E-state index contributed by atoms with van der Waals surface area (Å²) in [6.45, 7) is 2.59. The largest absolute Gasteiger partial charge is 0.490 e. The molecular formula is C14H18O2. The number of allylic oxidation sites excluding steroid dienone is 1. The van der Waals surface area contributed by atoms with Crippen molar-refractivity contribution in [2.45, 2.75) is 32.3 Å². The molecule has 0 amide bonds. The highest BCUT2D eigenvalue weighted by Gasteiger charge is 2.17. The first-order valence-electron chi connectivity index (χ1n) is 5.86. The summed E-state index contributed by atoms with van der Waals surface area (Å²) < 4.78 is 5.58. The number of rotatable bonds is 3. The molecule has 2 heteroatoms. The van der Waals surface area contributed by atoms with Gasteiger partial charge >= 0.3 is 0 Å². The van der Waals surface area contributed by atoms with E-state index in [1.54, 1.807) is 0 Å². The van der Waals surface area contributed by atoms with Crippen molar-refractivity contribution >= 4 is 0 Å². The van der Waals surface area contributed by atoms with Crippen molar-refractivity contribution < 1.29 is 9.84 Å². The maximum Gasteiger partial charge on any atom is 0.120 e. The zero-order valence-electron chi connectivity index (χ0n) is 9.65.